The van der Waals surface area contributed by atoms with Crippen LogP contribution in [0.4, 0.5) is 0 Å². The number of aliphatic carboxylic acids is 1. The van der Waals surface area contributed by atoms with Crippen LogP contribution in [0.25, 0.3) is 0 Å². The maximum atomic E-state index is 11.2. The molecular weight excluding hydrogens is 210 g/mol. The number of nitrogens with two attached hydrogens (primary N) is 1. The summed E-state index contributed by atoms with van der Waals surface area (Å²) in [5, 5.41) is 16.4. The molecule has 92 valence electrons. The van der Waals surface area contributed by atoms with Gasteiger partial charge in [0.1, 0.15) is 0 Å². The van der Waals surface area contributed by atoms with Crippen LogP contribution in [0.2, 0.25) is 0 Å². The van der Waals surface area contributed by atoms with Crippen molar-refractivity contribution in [1.82, 2.24) is 0 Å². The number of hydrogen-bond donors (Lipinski definition) is 2. The van der Waals surface area contributed by atoms with E-state index in [1.54, 1.807) is 0 Å². The molecular formula is C10H19N3O3. The van der Waals surface area contributed by atoms with E-state index in [9.17, 15) is 9.59 Å². The summed E-state index contributed by atoms with van der Waals surface area (Å²) in [6, 6.07) is 0. The summed E-state index contributed by atoms with van der Waals surface area (Å²) in [4.78, 5) is 21.7. The van der Waals surface area contributed by atoms with Crippen molar-refractivity contribution in [2.75, 3.05) is 0 Å². The van der Waals surface area contributed by atoms with Crippen molar-refractivity contribution in [1.29, 1.82) is 0 Å². The van der Waals surface area contributed by atoms with Crippen molar-refractivity contribution in [3.63, 3.8) is 0 Å². The Morgan fingerprint density at radius 1 is 1.19 bits per heavy atom. The van der Waals surface area contributed by atoms with Crippen molar-refractivity contribution in [2.24, 2.45) is 16.0 Å². The third-order valence-electron chi connectivity index (χ3n) is 1.93. The summed E-state index contributed by atoms with van der Waals surface area (Å²) in [6.45, 7) is 6.98. The Bertz CT molecular complexity index is 307. The molecule has 0 aromatic heterocycles. The molecule has 1 amide bonds. The van der Waals surface area contributed by atoms with Crippen LogP contribution < -0.4 is 5.73 Å². The van der Waals surface area contributed by atoms with Gasteiger partial charge >= 0.3 is 5.97 Å². The van der Waals surface area contributed by atoms with E-state index < -0.39 is 23.0 Å². The Kier molecular flexibility index (Phi) is 4.59. The third-order valence-corrected chi connectivity index (χ3v) is 1.93. The van der Waals surface area contributed by atoms with Gasteiger partial charge in [0, 0.05) is 6.42 Å². The minimum atomic E-state index is -1.24. The summed E-state index contributed by atoms with van der Waals surface area (Å²) in [6.07, 6.45) is -0.111. The lowest BCUT2D eigenvalue weighted by molar-refractivity contribution is -0.137. The second-order valence-electron chi connectivity index (χ2n) is 4.90. The first-order valence-corrected chi connectivity index (χ1v) is 5.02. The molecule has 3 N–H and O–H groups in total. The van der Waals surface area contributed by atoms with Crippen molar-refractivity contribution in [3.8, 4) is 0 Å². The van der Waals surface area contributed by atoms with Gasteiger partial charge in [-0.3, -0.25) is 9.59 Å². The van der Waals surface area contributed by atoms with Gasteiger partial charge in [0.25, 0.3) is 0 Å². The standard InChI is InChI=1S/C10H19N3O3/c1-9(2,3)12-13-10(4,8(11)16)6-5-7(14)15/h5-6H2,1-4H3,(H2,11,16)(H,14,15). The van der Waals surface area contributed by atoms with Crippen molar-refractivity contribution < 1.29 is 14.7 Å². The predicted octanol–water partition coefficient (Wildman–Crippen LogP) is 1.35. The first-order chi connectivity index (χ1) is 7.07. The molecule has 0 aliphatic carbocycles. The molecule has 1 atom stereocenters. The number of amides is 1. The van der Waals surface area contributed by atoms with Crippen LogP contribution in [-0.2, 0) is 9.59 Å². The summed E-state index contributed by atoms with van der Waals surface area (Å²) in [5.74, 6) is -1.65. The Balaban J connectivity index is 4.77. The minimum absolute atomic E-state index is 0.0528. The zero-order valence-corrected chi connectivity index (χ0v) is 10.1. The average Bonchev–Trinajstić information content (AvgIpc) is 2.10. The molecule has 0 radical (unpaired) electrons. The van der Waals surface area contributed by atoms with Gasteiger partial charge in [0.05, 0.1) is 5.54 Å². The van der Waals surface area contributed by atoms with Crippen LogP contribution in [0, 0.1) is 0 Å². The molecule has 1 unspecified atom stereocenters. The molecule has 0 rings (SSSR count). The maximum Gasteiger partial charge on any atom is 0.303 e. The Morgan fingerprint density at radius 3 is 2.00 bits per heavy atom. The monoisotopic (exact) mass is 229 g/mol. The summed E-state index contributed by atoms with van der Waals surface area (Å²) in [5.41, 5.74) is 3.54. The van der Waals surface area contributed by atoms with E-state index in [1.165, 1.54) is 6.92 Å². The highest BCUT2D eigenvalue weighted by Gasteiger charge is 2.32. The van der Waals surface area contributed by atoms with Crippen LogP contribution in [0.15, 0.2) is 10.2 Å². The van der Waals surface area contributed by atoms with Crippen LogP contribution in [-0.4, -0.2) is 28.1 Å². The summed E-state index contributed by atoms with van der Waals surface area (Å²) >= 11 is 0. The van der Waals surface area contributed by atoms with E-state index in [0.29, 0.717) is 0 Å². The number of nitrogens with zero attached hydrogens (tertiary/aromatic N) is 2. The van der Waals surface area contributed by atoms with Gasteiger partial charge in [-0.15, -0.1) is 0 Å². The highest BCUT2D eigenvalue weighted by molar-refractivity contribution is 5.84. The van der Waals surface area contributed by atoms with Crippen LogP contribution in [0.5, 0.6) is 0 Å². The van der Waals surface area contributed by atoms with Gasteiger partial charge in [-0.25, -0.2) is 0 Å². The highest BCUT2D eigenvalue weighted by atomic mass is 16.4. The van der Waals surface area contributed by atoms with Crippen molar-refractivity contribution >= 4 is 11.9 Å². The number of rotatable bonds is 5. The smallest absolute Gasteiger partial charge is 0.303 e. The largest absolute Gasteiger partial charge is 0.481 e. The Morgan fingerprint density at radius 2 is 1.69 bits per heavy atom. The average molecular weight is 229 g/mol. The third kappa shape index (κ3) is 5.43. The predicted molar refractivity (Wildman–Crippen MR) is 59.1 cm³/mol. The minimum Gasteiger partial charge on any atom is -0.481 e. The van der Waals surface area contributed by atoms with Crippen molar-refractivity contribution in [3.05, 3.63) is 0 Å². The summed E-state index contributed by atoms with van der Waals surface area (Å²) < 4.78 is 0. The zero-order chi connectivity index (χ0) is 13.0. The second kappa shape index (κ2) is 5.05. The number of carbonyl (C=O) groups is 2. The molecule has 0 aliphatic rings. The lowest BCUT2D eigenvalue weighted by Gasteiger charge is -2.21. The Hall–Kier alpha value is -1.46. The number of primary amides is 1. The molecule has 0 aromatic carbocycles. The SMILES string of the molecule is CC(C)(C)N=NC(C)(CCC(=O)O)C(N)=O. The molecule has 0 aromatic rings. The molecule has 0 bridgehead atoms. The van der Waals surface area contributed by atoms with Crippen LogP contribution >= 0.6 is 0 Å². The topological polar surface area (TPSA) is 105 Å². The summed E-state index contributed by atoms with van der Waals surface area (Å²) in [7, 11) is 0. The fourth-order valence-corrected chi connectivity index (χ4v) is 0.833. The van der Waals surface area contributed by atoms with E-state index in [0.717, 1.165) is 0 Å². The van der Waals surface area contributed by atoms with Crippen molar-refractivity contribution in [2.45, 2.75) is 51.6 Å². The Labute approximate surface area is 94.9 Å². The fourth-order valence-electron chi connectivity index (χ4n) is 0.833. The molecule has 0 saturated carbocycles. The van der Waals surface area contributed by atoms with Gasteiger partial charge < -0.3 is 10.8 Å². The molecule has 6 nitrogen and oxygen atoms in total. The first-order valence-electron chi connectivity index (χ1n) is 5.02. The molecule has 0 fully saturated rings. The van der Waals surface area contributed by atoms with Gasteiger partial charge in [0.2, 0.25) is 5.91 Å². The molecule has 0 aliphatic heterocycles. The molecule has 16 heavy (non-hydrogen) atoms. The lowest BCUT2D eigenvalue weighted by atomic mass is 9.96. The number of azo groups is 1. The van der Waals surface area contributed by atoms with Gasteiger partial charge in [0.15, 0.2) is 5.54 Å². The molecule has 0 heterocycles. The number of carboxylic acids is 1. The van der Waals surface area contributed by atoms with Crippen LogP contribution in [0.1, 0.15) is 40.5 Å². The van der Waals surface area contributed by atoms with Gasteiger partial charge in [-0.05, 0) is 34.1 Å². The normalized spacial score (nSPS) is 16.0. The number of carbonyl (C=O) groups excluding carboxylic acids is 1. The van der Waals surface area contributed by atoms with E-state index in [1.807, 2.05) is 20.8 Å². The molecule has 6 heteroatoms. The molecule has 0 spiro atoms. The number of hydrogen-bond acceptors (Lipinski definition) is 4. The quantitative estimate of drug-likeness (QED) is 0.695. The van der Waals surface area contributed by atoms with E-state index in [-0.39, 0.29) is 12.8 Å². The van der Waals surface area contributed by atoms with E-state index in [4.69, 9.17) is 10.8 Å². The molecule has 0 saturated heterocycles. The lowest BCUT2D eigenvalue weighted by Crippen LogP contribution is -2.40. The first kappa shape index (κ1) is 14.5. The second-order valence-corrected chi connectivity index (χ2v) is 4.90. The van der Waals surface area contributed by atoms with Gasteiger partial charge in [-0.1, -0.05) is 0 Å². The number of carboxylic acid groups (broad SMARTS) is 1. The van der Waals surface area contributed by atoms with Gasteiger partial charge in [-0.2, -0.15) is 10.2 Å². The van der Waals surface area contributed by atoms with Crippen LogP contribution in [0.3, 0.4) is 0 Å². The zero-order valence-electron chi connectivity index (χ0n) is 10.1. The highest BCUT2D eigenvalue weighted by Crippen LogP contribution is 2.20. The van der Waals surface area contributed by atoms with E-state index >= 15 is 0 Å². The maximum absolute atomic E-state index is 11.2. The fraction of sp³-hybridized carbons (Fsp3) is 0.800. The van der Waals surface area contributed by atoms with E-state index in [2.05, 4.69) is 10.2 Å².